The Balaban J connectivity index is 2.90. The summed E-state index contributed by atoms with van der Waals surface area (Å²) in [5.74, 6) is 0.354. The Bertz CT molecular complexity index is 293. The maximum absolute atomic E-state index is 9.98. The van der Waals surface area contributed by atoms with E-state index >= 15 is 0 Å². The Morgan fingerprint density at radius 3 is 1.80 bits per heavy atom. The molecular formula is C12H20N2O. The van der Waals surface area contributed by atoms with Crippen LogP contribution in [0.4, 0.5) is 0 Å². The lowest BCUT2D eigenvalue weighted by Crippen LogP contribution is -2.19. The van der Waals surface area contributed by atoms with Gasteiger partial charge in [0.2, 0.25) is 0 Å². The molecule has 0 fully saturated rings. The molecule has 2 unspecified atom stereocenters. The van der Waals surface area contributed by atoms with Crippen LogP contribution in [0, 0.1) is 0 Å². The van der Waals surface area contributed by atoms with E-state index in [0.29, 0.717) is 18.6 Å². The van der Waals surface area contributed by atoms with Crippen LogP contribution in [0.2, 0.25) is 0 Å². The van der Waals surface area contributed by atoms with E-state index in [1.807, 2.05) is 32.0 Å². The second-order valence-electron chi connectivity index (χ2n) is 4.29. The van der Waals surface area contributed by atoms with Crippen molar-refractivity contribution in [2.24, 2.45) is 11.5 Å². The van der Waals surface area contributed by atoms with Crippen LogP contribution in [-0.4, -0.2) is 17.2 Å². The molecular weight excluding hydrogens is 188 g/mol. The van der Waals surface area contributed by atoms with Crippen LogP contribution in [0.25, 0.3) is 0 Å². The normalized spacial score (nSPS) is 14.9. The average Bonchev–Trinajstić information content (AvgIpc) is 2.10. The third kappa shape index (κ3) is 3.53. The van der Waals surface area contributed by atoms with Gasteiger partial charge in [-0.05, 0) is 37.8 Å². The Morgan fingerprint density at radius 1 is 1.07 bits per heavy atom. The largest absolute Gasteiger partial charge is 0.507 e. The maximum atomic E-state index is 9.98. The molecule has 0 saturated carbocycles. The fourth-order valence-corrected chi connectivity index (χ4v) is 1.67. The monoisotopic (exact) mass is 208 g/mol. The van der Waals surface area contributed by atoms with Gasteiger partial charge in [-0.15, -0.1) is 0 Å². The predicted molar refractivity (Wildman–Crippen MR) is 62.8 cm³/mol. The van der Waals surface area contributed by atoms with Crippen molar-refractivity contribution in [2.45, 2.75) is 38.8 Å². The van der Waals surface area contributed by atoms with Crippen molar-refractivity contribution in [3.8, 4) is 5.75 Å². The fourth-order valence-electron chi connectivity index (χ4n) is 1.67. The summed E-state index contributed by atoms with van der Waals surface area (Å²) in [5, 5.41) is 9.98. The summed E-state index contributed by atoms with van der Waals surface area (Å²) in [6.07, 6.45) is 1.39. The quantitative estimate of drug-likeness (QED) is 0.695. The van der Waals surface area contributed by atoms with Crippen molar-refractivity contribution < 1.29 is 5.11 Å². The number of hydrogen-bond donors (Lipinski definition) is 3. The van der Waals surface area contributed by atoms with Crippen LogP contribution >= 0.6 is 0 Å². The molecule has 0 saturated heterocycles. The van der Waals surface area contributed by atoms with Gasteiger partial charge in [-0.3, -0.25) is 0 Å². The van der Waals surface area contributed by atoms with E-state index < -0.39 is 0 Å². The SMILES string of the molecule is CC(N)Cc1cccc(CC(C)N)c1O. The molecule has 1 aromatic rings. The molecule has 1 aromatic carbocycles. The predicted octanol–water partition coefficient (Wildman–Crippen LogP) is 1.17. The summed E-state index contributed by atoms with van der Waals surface area (Å²) < 4.78 is 0. The van der Waals surface area contributed by atoms with Crippen LogP contribution in [0.15, 0.2) is 18.2 Å². The van der Waals surface area contributed by atoms with Gasteiger partial charge in [-0.1, -0.05) is 18.2 Å². The molecule has 0 aliphatic carbocycles. The highest BCUT2D eigenvalue weighted by Gasteiger charge is 2.09. The minimum absolute atomic E-state index is 0.0569. The topological polar surface area (TPSA) is 72.3 Å². The molecule has 0 radical (unpaired) electrons. The molecule has 2 atom stereocenters. The van der Waals surface area contributed by atoms with Crippen molar-refractivity contribution in [3.05, 3.63) is 29.3 Å². The number of phenolic OH excluding ortho intramolecular Hbond substituents is 1. The third-order valence-corrected chi connectivity index (χ3v) is 2.29. The fraction of sp³-hybridized carbons (Fsp3) is 0.500. The van der Waals surface area contributed by atoms with Crippen LogP contribution in [0.3, 0.4) is 0 Å². The Morgan fingerprint density at radius 2 is 1.47 bits per heavy atom. The van der Waals surface area contributed by atoms with Gasteiger partial charge in [-0.25, -0.2) is 0 Å². The zero-order valence-electron chi connectivity index (χ0n) is 9.40. The number of rotatable bonds is 4. The average molecular weight is 208 g/mol. The number of para-hydroxylation sites is 1. The molecule has 0 aliphatic heterocycles. The first kappa shape index (κ1) is 12.0. The summed E-state index contributed by atoms with van der Waals surface area (Å²) >= 11 is 0. The van der Waals surface area contributed by atoms with Crippen molar-refractivity contribution in [2.75, 3.05) is 0 Å². The molecule has 1 rings (SSSR count). The molecule has 0 heterocycles. The van der Waals surface area contributed by atoms with E-state index in [2.05, 4.69) is 0 Å². The smallest absolute Gasteiger partial charge is 0.122 e. The van der Waals surface area contributed by atoms with Gasteiger partial charge in [0, 0.05) is 12.1 Å². The van der Waals surface area contributed by atoms with E-state index in [4.69, 9.17) is 11.5 Å². The highest BCUT2D eigenvalue weighted by molar-refractivity contribution is 5.41. The van der Waals surface area contributed by atoms with Gasteiger partial charge in [0.1, 0.15) is 5.75 Å². The van der Waals surface area contributed by atoms with Gasteiger partial charge in [-0.2, -0.15) is 0 Å². The highest BCUT2D eigenvalue weighted by atomic mass is 16.3. The Kier molecular flexibility index (Phi) is 4.12. The molecule has 3 heteroatoms. The minimum atomic E-state index is 0.0569. The van der Waals surface area contributed by atoms with Crippen molar-refractivity contribution in [1.82, 2.24) is 0 Å². The Labute approximate surface area is 91.1 Å². The second kappa shape index (κ2) is 5.14. The molecule has 84 valence electrons. The standard InChI is InChI=1S/C12H20N2O/c1-8(13)6-10-4-3-5-11(12(10)15)7-9(2)14/h3-5,8-9,15H,6-7,13-14H2,1-2H3. The third-order valence-electron chi connectivity index (χ3n) is 2.29. The number of aromatic hydroxyl groups is 1. The molecule has 0 aliphatic rings. The van der Waals surface area contributed by atoms with E-state index in [-0.39, 0.29) is 12.1 Å². The van der Waals surface area contributed by atoms with Crippen LogP contribution in [0.1, 0.15) is 25.0 Å². The Hall–Kier alpha value is -1.06. The number of hydrogen-bond acceptors (Lipinski definition) is 3. The van der Waals surface area contributed by atoms with Gasteiger partial charge in [0.25, 0.3) is 0 Å². The number of nitrogens with two attached hydrogens (primary N) is 2. The van der Waals surface area contributed by atoms with Gasteiger partial charge in [0.05, 0.1) is 0 Å². The first-order valence-electron chi connectivity index (χ1n) is 5.31. The molecule has 0 bridgehead atoms. The van der Waals surface area contributed by atoms with E-state index in [9.17, 15) is 5.11 Å². The molecule has 0 aromatic heterocycles. The molecule has 3 nitrogen and oxygen atoms in total. The summed E-state index contributed by atoms with van der Waals surface area (Å²) in [4.78, 5) is 0. The molecule has 5 N–H and O–H groups in total. The maximum Gasteiger partial charge on any atom is 0.122 e. The van der Waals surface area contributed by atoms with Crippen LogP contribution < -0.4 is 11.5 Å². The van der Waals surface area contributed by atoms with Gasteiger partial charge >= 0.3 is 0 Å². The van der Waals surface area contributed by atoms with Crippen molar-refractivity contribution >= 4 is 0 Å². The summed E-state index contributed by atoms with van der Waals surface area (Å²) in [5.41, 5.74) is 13.2. The lowest BCUT2D eigenvalue weighted by atomic mass is 9.99. The highest BCUT2D eigenvalue weighted by Crippen LogP contribution is 2.24. The van der Waals surface area contributed by atoms with Crippen molar-refractivity contribution in [3.63, 3.8) is 0 Å². The van der Waals surface area contributed by atoms with Crippen LogP contribution in [0.5, 0.6) is 5.75 Å². The second-order valence-corrected chi connectivity index (χ2v) is 4.29. The van der Waals surface area contributed by atoms with Crippen molar-refractivity contribution in [1.29, 1.82) is 0 Å². The first-order valence-corrected chi connectivity index (χ1v) is 5.31. The zero-order valence-corrected chi connectivity index (χ0v) is 9.40. The van der Waals surface area contributed by atoms with Gasteiger partial charge < -0.3 is 16.6 Å². The summed E-state index contributed by atoms with van der Waals surface area (Å²) in [6, 6.07) is 5.87. The van der Waals surface area contributed by atoms with Gasteiger partial charge in [0.15, 0.2) is 0 Å². The number of phenols is 1. The first-order chi connectivity index (χ1) is 7.00. The van der Waals surface area contributed by atoms with E-state index in [1.54, 1.807) is 0 Å². The van der Waals surface area contributed by atoms with Crippen LogP contribution in [-0.2, 0) is 12.8 Å². The summed E-state index contributed by atoms with van der Waals surface area (Å²) in [7, 11) is 0. The minimum Gasteiger partial charge on any atom is -0.507 e. The lowest BCUT2D eigenvalue weighted by molar-refractivity contribution is 0.456. The van der Waals surface area contributed by atoms with E-state index in [0.717, 1.165) is 11.1 Å². The molecule has 15 heavy (non-hydrogen) atoms. The zero-order chi connectivity index (χ0) is 11.4. The lowest BCUT2D eigenvalue weighted by Gasteiger charge is -2.12. The number of benzene rings is 1. The molecule has 0 spiro atoms. The molecule has 0 amide bonds. The van der Waals surface area contributed by atoms with E-state index in [1.165, 1.54) is 0 Å². The summed E-state index contributed by atoms with van der Waals surface area (Å²) in [6.45, 7) is 3.86.